The van der Waals surface area contributed by atoms with Gasteiger partial charge in [0.2, 0.25) is 0 Å². The van der Waals surface area contributed by atoms with Gasteiger partial charge in [0.1, 0.15) is 0 Å². The summed E-state index contributed by atoms with van der Waals surface area (Å²) in [5.41, 5.74) is 3.78. The second-order valence-electron chi connectivity index (χ2n) is 6.62. The van der Waals surface area contributed by atoms with E-state index >= 15 is 0 Å². The summed E-state index contributed by atoms with van der Waals surface area (Å²) in [7, 11) is 0. The Morgan fingerprint density at radius 3 is 2.37 bits per heavy atom. The Morgan fingerprint density at radius 1 is 0.900 bits per heavy atom. The fraction of sp³-hybridized carbons (Fsp3) is 0.0870. The number of rotatable bonds is 5. The summed E-state index contributed by atoms with van der Waals surface area (Å²) >= 11 is 7.44. The quantitative estimate of drug-likeness (QED) is 0.333. The molecule has 0 aliphatic carbocycles. The zero-order valence-corrected chi connectivity index (χ0v) is 19.2. The van der Waals surface area contributed by atoms with Gasteiger partial charge in [0.05, 0.1) is 0 Å². The topological polar surface area (TPSA) is 70.2 Å². The minimum Gasteiger partial charge on any atom is -0.348 e. The molecule has 0 bridgehead atoms. The summed E-state index contributed by atoms with van der Waals surface area (Å²) in [6.45, 7) is 2.43. The molecule has 3 aromatic carbocycles. The maximum Gasteiger partial charge on any atom is 0.257 e. The van der Waals surface area contributed by atoms with Crippen LogP contribution in [-0.4, -0.2) is 16.9 Å². The Kier molecular flexibility index (Phi) is 7.53. The van der Waals surface area contributed by atoms with E-state index in [4.69, 9.17) is 12.2 Å². The number of thiocarbonyl (C=S) groups is 1. The van der Waals surface area contributed by atoms with Gasteiger partial charge in [-0.1, -0.05) is 42.5 Å². The molecule has 0 fully saturated rings. The van der Waals surface area contributed by atoms with Gasteiger partial charge >= 0.3 is 0 Å². The second kappa shape index (κ2) is 10.3. The van der Waals surface area contributed by atoms with E-state index in [1.165, 1.54) is 0 Å². The summed E-state index contributed by atoms with van der Waals surface area (Å²) in [6.07, 6.45) is 0. The lowest BCUT2D eigenvalue weighted by atomic mass is 10.1. The summed E-state index contributed by atoms with van der Waals surface area (Å²) in [4.78, 5) is 24.8. The molecule has 0 aliphatic heterocycles. The lowest BCUT2D eigenvalue weighted by Crippen LogP contribution is -2.34. The minimum absolute atomic E-state index is 0.164. The summed E-state index contributed by atoms with van der Waals surface area (Å²) in [5.74, 6) is -0.478. The predicted octanol–water partition coefficient (Wildman–Crippen LogP) is 4.66. The number of aryl methyl sites for hydroxylation is 1. The van der Waals surface area contributed by atoms with Crippen molar-refractivity contribution in [2.24, 2.45) is 0 Å². The highest BCUT2D eigenvalue weighted by atomic mass is 127. The van der Waals surface area contributed by atoms with E-state index in [9.17, 15) is 9.59 Å². The first-order valence-corrected chi connectivity index (χ1v) is 10.7. The van der Waals surface area contributed by atoms with Crippen LogP contribution in [-0.2, 0) is 6.54 Å². The number of hydrogen-bond donors (Lipinski definition) is 3. The Bertz CT molecular complexity index is 1090. The number of nitrogens with one attached hydrogen (secondary N) is 3. The Morgan fingerprint density at radius 2 is 1.63 bits per heavy atom. The van der Waals surface area contributed by atoms with Gasteiger partial charge in [0.15, 0.2) is 5.11 Å². The first-order chi connectivity index (χ1) is 14.4. The molecule has 3 aromatic rings. The third-order valence-electron chi connectivity index (χ3n) is 4.34. The summed E-state index contributed by atoms with van der Waals surface area (Å²) < 4.78 is 1.01. The van der Waals surface area contributed by atoms with Gasteiger partial charge in [-0.05, 0) is 83.2 Å². The van der Waals surface area contributed by atoms with Crippen molar-refractivity contribution < 1.29 is 9.59 Å². The minimum atomic E-state index is -0.290. The van der Waals surface area contributed by atoms with E-state index < -0.39 is 0 Å². The molecule has 152 valence electrons. The van der Waals surface area contributed by atoms with Crippen LogP contribution in [0.5, 0.6) is 0 Å². The molecule has 3 N–H and O–H groups in total. The molecule has 0 saturated carbocycles. The van der Waals surface area contributed by atoms with Crippen LogP contribution in [0.1, 0.15) is 31.8 Å². The Balaban J connectivity index is 1.58. The van der Waals surface area contributed by atoms with E-state index in [2.05, 4.69) is 38.5 Å². The van der Waals surface area contributed by atoms with E-state index in [0.717, 1.165) is 14.7 Å². The van der Waals surface area contributed by atoms with Gasteiger partial charge in [0, 0.05) is 26.9 Å². The van der Waals surface area contributed by atoms with Crippen LogP contribution in [0.15, 0.2) is 72.8 Å². The van der Waals surface area contributed by atoms with Gasteiger partial charge < -0.3 is 10.6 Å². The standard InChI is InChI=1S/C23H20IN3O2S/c1-15-10-11-18(13-20(15)24)22(29)27-23(30)26-19-9-5-8-17(12-19)21(28)25-14-16-6-3-2-4-7-16/h2-13H,14H2,1H3,(H,25,28)(H2,26,27,29,30). The van der Waals surface area contributed by atoms with Gasteiger partial charge in [-0.15, -0.1) is 0 Å². The second-order valence-corrected chi connectivity index (χ2v) is 8.19. The lowest BCUT2D eigenvalue weighted by Gasteiger charge is -2.11. The van der Waals surface area contributed by atoms with Crippen LogP contribution in [0, 0.1) is 10.5 Å². The highest BCUT2D eigenvalue weighted by Gasteiger charge is 2.11. The first kappa shape index (κ1) is 21.9. The third kappa shape index (κ3) is 6.11. The number of hydrogen-bond acceptors (Lipinski definition) is 3. The van der Waals surface area contributed by atoms with Crippen molar-refractivity contribution in [3.63, 3.8) is 0 Å². The van der Waals surface area contributed by atoms with Crippen molar-refractivity contribution in [1.29, 1.82) is 0 Å². The smallest absolute Gasteiger partial charge is 0.257 e. The molecule has 30 heavy (non-hydrogen) atoms. The lowest BCUT2D eigenvalue weighted by molar-refractivity contribution is 0.0948. The third-order valence-corrected chi connectivity index (χ3v) is 5.71. The molecule has 2 amide bonds. The number of benzene rings is 3. The van der Waals surface area contributed by atoms with Crippen molar-refractivity contribution in [2.75, 3.05) is 5.32 Å². The van der Waals surface area contributed by atoms with Crippen molar-refractivity contribution in [3.05, 3.63) is 98.6 Å². The molecule has 0 atom stereocenters. The van der Waals surface area contributed by atoms with Crippen molar-refractivity contribution in [2.45, 2.75) is 13.5 Å². The molecule has 5 nitrogen and oxygen atoms in total. The molecular formula is C23H20IN3O2S. The fourth-order valence-corrected chi connectivity index (χ4v) is 3.42. The normalized spacial score (nSPS) is 10.2. The molecule has 3 rings (SSSR count). The summed E-state index contributed by atoms with van der Waals surface area (Å²) in [6, 6.07) is 22.1. The number of amides is 2. The van der Waals surface area contributed by atoms with E-state index in [0.29, 0.717) is 23.4 Å². The molecule has 0 heterocycles. The van der Waals surface area contributed by atoms with Crippen LogP contribution >= 0.6 is 34.8 Å². The molecule has 0 aliphatic rings. The van der Waals surface area contributed by atoms with Crippen molar-refractivity contribution in [1.82, 2.24) is 10.6 Å². The first-order valence-electron chi connectivity index (χ1n) is 9.23. The number of carbonyl (C=O) groups excluding carboxylic acids is 2. The molecular weight excluding hydrogens is 509 g/mol. The van der Waals surface area contributed by atoms with Crippen LogP contribution in [0.2, 0.25) is 0 Å². The SMILES string of the molecule is Cc1ccc(C(=O)NC(=S)Nc2cccc(C(=O)NCc3ccccc3)c2)cc1I. The number of halogens is 1. The van der Waals surface area contributed by atoms with Crippen LogP contribution in [0.4, 0.5) is 5.69 Å². The van der Waals surface area contributed by atoms with Gasteiger partial charge in [-0.25, -0.2) is 0 Å². The van der Waals surface area contributed by atoms with E-state index in [-0.39, 0.29) is 16.9 Å². The molecule has 0 spiro atoms. The zero-order chi connectivity index (χ0) is 21.5. The predicted molar refractivity (Wildman–Crippen MR) is 132 cm³/mol. The average Bonchev–Trinajstić information content (AvgIpc) is 2.74. The largest absolute Gasteiger partial charge is 0.348 e. The van der Waals surface area contributed by atoms with Crippen molar-refractivity contribution >= 4 is 57.4 Å². The van der Waals surface area contributed by atoms with Gasteiger partial charge in [-0.3, -0.25) is 14.9 Å². The molecule has 0 saturated heterocycles. The molecule has 0 radical (unpaired) electrons. The van der Waals surface area contributed by atoms with E-state index in [1.54, 1.807) is 30.3 Å². The van der Waals surface area contributed by atoms with E-state index in [1.807, 2.05) is 49.4 Å². The van der Waals surface area contributed by atoms with Gasteiger partial charge in [-0.2, -0.15) is 0 Å². The van der Waals surface area contributed by atoms with Crippen molar-refractivity contribution in [3.8, 4) is 0 Å². The Hall–Kier alpha value is -2.78. The van der Waals surface area contributed by atoms with Gasteiger partial charge in [0.25, 0.3) is 11.8 Å². The highest BCUT2D eigenvalue weighted by Crippen LogP contribution is 2.14. The monoisotopic (exact) mass is 529 g/mol. The number of carbonyl (C=O) groups is 2. The summed E-state index contributed by atoms with van der Waals surface area (Å²) in [5, 5.41) is 8.67. The average molecular weight is 529 g/mol. The van der Waals surface area contributed by atoms with Crippen LogP contribution in [0.25, 0.3) is 0 Å². The maximum absolute atomic E-state index is 12.4. The van der Waals surface area contributed by atoms with Crippen LogP contribution in [0.3, 0.4) is 0 Å². The fourth-order valence-electron chi connectivity index (χ4n) is 2.69. The zero-order valence-electron chi connectivity index (χ0n) is 16.2. The van der Waals surface area contributed by atoms with Crippen LogP contribution < -0.4 is 16.0 Å². The highest BCUT2D eigenvalue weighted by molar-refractivity contribution is 14.1. The molecule has 0 aromatic heterocycles. The Labute approximate surface area is 194 Å². The molecule has 7 heteroatoms. The molecule has 0 unspecified atom stereocenters. The number of anilines is 1. The maximum atomic E-state index is 12.4.